The number of carbonyl (C=O) groups is 2. The van der Waals surface area contributed by atoms with E-state index in [2.05, 4.69) is 30.6 Å². The summed E-state index contributed by atoms with van der Waals surface area (Å²) in [5.74, 6) is -1.57. The van der Waals surface area contributed by atoms with E-state index in [4.69, 9.17) is 5.11 Å². The summed E-state index contributed by atoms with van der Waals surface area (Å²) in [6.45, 7) is 3.57. The molecule has 0 aliphatic carbocycles. The number of carbonyl (C=O) groups excluding carboxylic acids is 1. The maximum atomic E-state index is 11.2. The van der Waals surface area contributed by atoms with Crippen LogP contribution in [0.3, 0.4) is 0 Å². The van der Waals surface area contributed by atoms with E-state index in [1.54, 1.807) is 13.8 Å². The fourth-order valence-corrected chi connectivity index (χ4v) is 0.986. The van der Waals surface area contributed by atoms with Crippen LogP contribution < -0.4 is 5.32 Å². The first kappa shape index (κ1) is 12.6. The maximum Gasteiger partial charge on any atom is 0.318 e. The predicted molar refractivity (Wildman–Crippen MR) is 56.5 cm³/mol. The molecular formula is C7H13NO3S2. The van der Waals surface area contributed by atoms with Crippen LogP contribution in [0.5, 0.6) is 0 Å². The van der Waals surface area contributed by atoms with Crippen LogP contribution in [0.4, 0.5) is 0 Å². The molecule has 0 spiro atoms. The molecule has 0 fully saturated rings. The molecule has 0 aliphatic heterocycles. The summed E-state index contributed by atoms with van der Waals surface area (Å²) < 4.78 is 0. The molecular weight excluding hydrogens is 210 g/mol. The second-order valence-corrected chi connectivity index (χ2v) is 4.00. The van der Waals surface area contributed by atoms with E-state index >= 15 is 0 Å². The van der Waals surface area contributed by atoms with Crippen LogP contribution in [0.2, 0.25) is 0 Å². The molecule has 0 aromatic heterocycles. The summed E-state index contributed by atoms with van der Waals surface area (Å²) in [5, 5.41) is 9.07. The van der Waals surface area contributed by atoms with Crippen molar-refractivity contribution in [2.24, 2.45) is 0 Å². The van der Waals surface area contributed by atoms with E-state index in [0.29, 0.717) is 0 Å². The van der Waals surface area contributed by atoms with Crippen molar-refractivity contribution >= 4 is 37.1 Å². The van der Waals surface area contributed by atoms with E-state index in [1.807, 2.05) is 0 Å². The molecule has 0 aromatic carbocycles. The highest BCUT2D eigenvalue weighted by Crippen LogP contribution is 2.09. The van der Waals surface area contributed by atoms with Gasteiger partial charge in [0.2, 0.25) is 5.91 Å². The Balaban J connectivity index is 4.17. The second kappa shape index (κ2) is 5.39. The molecule has 2 unspecified atom stereocenters. The van der Waals surface area contributed by atoms with Crippen LogP contribution in [0.15, 0.2) is 0 Å². The minimum atomic E-state index is -1.15. The van der Waals surface area contributed by atoms with E-state index < -0.39 is 22.4 Å². The van der Waals surface area contributed by atoms with E-state index in [1.165, 1.54) is 0 Å². The molecule has 0 rings (SSSR count). The van der Waals surface area contributed by atoms with Gasteiger partial charge in [0.1, 0.15) is 10.5 Å². The van der Waals surface area contributed by atoms with Gasteiger partial charge in [0.25, 0.3) is 0 Å². The minimum Gasteiger partial charge on any atom is -0.480 e. The lowest BCUT2D eigenvalue weighted by Gasteiger charge is -2.16. The zero-order valence-electron chi connectivity index (χ0n) is 7.39. The first-order chi connectivity index (χ1) is 5.86. The van der Waals surface area contributed by atoms with Crippen molar-refractivity contribution in [3.05, 3.63) is 0 Å². The van der Waals surface area contributed by atoms with Gasteiger partial charge in [0.15, 0.2) is 0 Å². The molecule has 76 valence electrons. The summed E-state index contributed by atoms with van der Waals surface area (Å²) in [7, 11) is 0. The number of hydrogen-bond acceptors (Lipinski definition) is 4. The zero-order chi connectivity index (χ0) is 10.6. The highest BCUT2D eigenvalue weighted by atomic mass is 32.1. The topological polar surface area (TPSA) is 66.4 Å². The average Bonchev–Trinajstić information content (AvgIpc) is 2.00. The third-order valence-electron chi connectivity index (χ3n) is 1.25. The smallest absolute Gasteiger partial charge is 0.318 e. The van der Waals surface area contributed by atoms with Gasteiger partial charge in [-0.1, -0.05) is 0 Å². The van der Waals surface area contributed by atoms with Gasteiger partial charge in [0, 0.05) is 6.04 Å². The Kier molecular flexibility index (Phi) is 5.24. The van der Waals surface area contributed by atoms with Crippen molar-refractivity contribution in [1.82, 2.24) is 5.32 Å². The summed E-state index contributed by atoms with van der Waals surface area (Å²) in [6.07, 6.45) is 0. The van der Waals surface area contributed by atoms with Crippen molar-refractivity contribution in [3.63, 3.8) is 0 Å². The number of aliphatic carboxylic acids is 1. The first-order valence-corrected chi connectivity index (χ1v) is 4.79. The van der Waals surface area contributed by atoms with Crippen LogP contribution in [0.1, 0.15) is 13.8 Å². The lowest BCUT2D eigenvalue weighted by molar-refractivity contribution is -0.137. The van der Waals surface area contributed by atoms with E-state index in [9.17, 15) is 9.59 Å². The Morgan fingerprint density at radius 3 is 2.00 bits per heavy atom. The predicted octanol–water partition coefficient (Wildman–Crippen LogP) is 0.192. The lowest BCUT2D eigenvalue weighted by atomic mass is 10.2. The largest absolute Gasteiger partial charge is 0.480 e. The Morgan fingerprint density at radius 2 is 1.69 bits per heavy atom. The highest BCUT2D eigenvalue weighted by molar-refractivity contribution is 7.86. The normalized spacial score (nSPS) is 15.2. The fourth-order valence-electron chi connectivity index (χ4n) is 0.648. The number of carboxylic acids is 1. The van der Waals surface area contributed by atoms with Gasteiger partial charge in [-0.2, -0.15) is 25.3 Å². The Labute approximate surface area is 87.9 Å². The van der Waals surface area contributed by atoms with Crippen molar-refractivity contribution in [1.29, 1.82) is 0 Å². The monoisotopic (exact) mass is 223 g/mol. The molecule has 6 heteroatoms. The standard InChI is InChI=1S/C7H13NO3S2/c1-3(2)8-6(9)4(12)5(13)7(10)11/h3-5,12-13H,1-2H3,(H,8,9)(H,10,11). The van der Waals surface area contributed by atoms with Gasteiger partial charge in [-0.25, -0.2) is 0 Å². The molecule has 0 aliphatic rings. The van der Waals surface area contributed by atoms with Gasteiger partial charge in [-0.15, -0.1) is 0 Å². The van der Waals surface area contributed by atoms with Gasteiger partial charge in [-0.05, 0) is 13.8 Å². The SMILES string of the molecule is CC(C)NC(=O)C(S)C(S)C(=O)O. The van der Waals surface area contributed by atoms with E-state index in [0.717, 1.165) is 0 Å². The van der Waals surface area contributed by atoms with Gasteiger partial charge < -0.3 is 10.4 Å². The quantitative estimate of drug-likeness (QED) is 0.515. The number of carboxylic acid groups (broad SMARTS) is 1. The van der Waals surface area contributed by atoms with Gasteiger partial charge >= 0.3 is 5.97 Å². The molecule has 13 heavy (non-hydrogen) atoms. The van der Waals surface area contributed by atoms with Crippen LogP contribution in [-0.2, 0) is 9.59 Å². The number of thiol groups is 2. The molecule has 2 N–H and O–H groups in total. The molecule has 4 nitrogen and oxygen atoms in total. The van der Waals surface area contributed by atoms with Crippen LogP contribution in [0.25, 0.3) is 0 Å². The summed E-state index contributed by atoms with van der Waals surface area (Å²) in [6, 6.07) is -0.0310. The van der Waals surface area contributed by atoms with Gasteiger partial charge in [-0.3, -0.25) is 9.59 Å². The highest BCUT2D eigenvalue weighted by Gasteiger charge is 2.27. The van der Waals surface area contributed by atoms with Crippen molar-refractivity contribution in [3.8, 4) is 0 Å². The van der Waals surface area contributed by atoms with Crippen LogP contribution in [0, 0.1) is 0 Å². The number of hydrogen-bond donors (Lipinski definition) is 4. The average molecular weight is 223 g/mol. The van der Waals surface area contributed by atoms with Crippen molar-refractivity contribution in [2.75, 3.05) is 0 Å². The number of rotatable bonds is 4. The number of amides is 1. The van der Waals surface area contributed by atoms with Crippen LogP contribution >= 0.6 is 25.3 Å². The molecule has 0 radical (unpaired) electrons. The minimum absolute atomic E-state index is 0.0310. The van der Waals surface area contributed by atoms with Crippen LogP contribution in [-0.4, -0.2) is 33.5 Å². The summed E-state index contributed by atoms with van der Waals surface area (Å²) in [5.41, 5.74) is 0. The zero-order valence-corrected chi connectivity index (χ0v) is 9.18. The molecule has 0 heterocycles. The molecule has 0 saturated carbocycles. The van der Waals surface area contributed by atoms with E-state index in [-0.39, 0.29) is 6.04 Å². The Bertz CT molecular complexity index is 208. The molecule has 0 aromatic rings. The maximum absolute atomic E-state index is 11.2. The first-order valence-electron chi connectivity index (χ1n) is 3.75. The molecule has 0 bridgehead atoms. The molecule has 2 atom stereocenters. The lowest BCUT2D eigenvalue weighted by Crippen LogP contribution is -2.42. The summed E-state index contributed by atoms with van der Waals surface area (Å²) >= 11 is 7.61. The third kappa shape index (κ3) is 4.42. The van der Waals surface area contributed by atoms with Crippen molar-refractivity contribution in [2.45, 2.75) is 30.4 Å². The second-order valence-electron chi connectivity index (χ2n) is 2.89. The number of nitrogens with one attached hydrogen (secondary N) is 1. The third-order valence-corrected chi connectivity index (χ3v) is 2.54. The molecule has 1 amide bonds. The van der Waals surface area contributed by atoms with Gasteiger partial charge in [0.05, 0.1) is 0 Å². The summed E-state index contributed by atoms with van der Waals surface area (Å²) in [4.78, 5) is 21.6. The molecule has 0 saturated heterocycles. The fraction of sp³-hybridized carbons (Fsp3) is 0.714. The Morgan fingerprint density at radius 1 is 1.23 bits per heavy atom. The Hall–Kier alpha value is -0.360. The van der Waals surface area contributed by atoms with Crippen molar-refractivity contribution < 1.29 is 14.7 Å².